The highest BCUT2D eigenvalue weighted by Crippen LogP contribution is 2.50. The molecule has 2 atom stereocenters. The van der Waals surface area contributed by atoms with Crippen molar-refractivity contribution in [3.63, 3.8) is 0 Å². The molecule has 1 aliphatic carbocycles. The molecule has 0 nitrogen and oxygen atoms in total. The van der Waals surface area contributed by atoms with Gasteiger partial charge in [-0.15, -0.1) is 0 Å². The second-order valence-corrected chi connectivity index (χ2v) is 5.48. The smallest absolute Gasteiger partial charge is 0.0200 e. The summed E-state index contributed by atoms with van der Waals surface area (Å²) < 4.78 is 0. The fraction of sp³-hybridized carbons (Fsp3) is 0.857. The van der Waals surface area contributed by atoms with Gasteiger partial charge in [0.25, 0.3) is 0 Å². The summed E-state index contributed by atoms with van der Waals surface area (Å²) in [5.41, 5.74) is 2.31. The van der Waals surface area contributed by atoms with Gasteiger partial charge in [0.15, 0.2) is 0 Å². The van der Waals surface area contributed by atoms with Gasteiger partial charge in [0.1, 0.15) is 0 Å². The number of hydrogen-bond donors (Lipinski definition) is 0. The molecule has 2 unspecified atom stereocenters. The zero-order chi connectivity index (χ0) is 10.8. The molecule has 0 aromatic carbocycles. The highest BCUT2D eigenvalue weighted by molar-refractivity contribution is 5.16. The Morgan fingerprint density at radius 1 is 1.43 bits per heavy atom. The molecule has 0 heteroatoms. The minimum Gasteiger partial charge on any atom is -0.0853 e. The third kappa shape index (κ3) is 2.21. The summed E-state index contributed by atoms with van der Waals surface area (Å²) in [6.45, 7) is 11.8. The predicted molar refractivity (Wildman–Crippen MR) is 64.3 cm³/mol. The molecule has 14 heavy (non-hydrogen) atoms. The van der Waals surface area contributed by atoms with Crippen molar-refractivity contribution in [2.45, 2.75) is 60.3 Å². The highest BCUT2D eigenvalue weighted by atomic mass is 14.4. The molecule has 0 saturated heterocycles. The van der Waals surface area contributed by atoms with Crippen LogP contribution < -0.4 is 0 Å². The summed E-state index contributed by atoms with van der Waals surface area (Å²) >= 11 is 0. The van der Waals surface area contributed by atoms with Crippen LogP contribution in [0.15, 0.2) is 11.6 Å². The van der Waals surface area contributed by atoms with Gasteiger partial charge >= 0.3 is 0 Å². The average Bonchev–Trinajstić information content (AvgIpc) is 2.45. The van der Waals surface area contributed by atoms with Gasteiger partial charge in [-0.1, -0.05) is 46.3 Å². The SMILES string of the molecule is CCC=C1CC(C)(C(C)C)CC1CC. The monoisotopic (exact) mass is 194 g/mol. The summed E-state index contributed by atoms with van der Waals surface area (Å²) in [4.78, 5) is 0. The Balaban J connectivity index is 2.79. The summed E-state index contributed by atoms with van der Waals surface area (Å²) in [5, 5.41) is 0. The van der Waals surface area contributed by atoms with E-state index in [1.165, 1.54) is 25.7 Å². The van der Waals surface area contributed by atoms with Crippen LogP contribution in [0.2, 0.25) is 0 Å². The Kier molecular flexibility index (Phi) is 3.80. The number of allylic oxidation sites excluding steroid dienone is 2. The maximum Gasteiger partial charge on any atom is -0.0200 e. The number of hydrogen-bond acceptors (Lipinski definition) is 0. The quantitative estimate of drug-likeness (QED) is 0.566. The van der Waals surface area contributed by atoms with E-state index >= 15 is 0 Å². The van der Waals surface area contributed by atoms with Crippen LogP contribution in [0.1, 0.15) is 60.3 Å². The van der Waals surface area contributed by atoms with Crippen molar-refractivity contribution < 1.29 is 0 Å². The van der Waals surface area contributed by atoms with Crippen LogP contribution in [-0.4, -0.2) is 0 Å². The lowest BCUT2D eigenvalue weighted by Gasteiger charge is -2.28. The molecule has 0 aromatic heterocycles. The normalized spacial score (nSPS) is 35.9. The molecule has 0 aromatic rings. The van der Waals surface area contributed by atoms with Gasteiger partial charge in [0, 0.05) is 0 Å². The largest absolute Gasteiger partial charge is 0.0853 e. The Hall–Kier alpha value is -0.260. The summed E-state index contributed by atoms with van der Waals surface area (Å²) in [5.74, 6) is 1.70. The summed E-state index contributed by atoms with van der Waals surface area (Å²) in [6, 6.07) is 0. The maximum atomic E-state index is 2.47. The molecule has 0 heterocycles. The highest BCUT2D eigenvalue weighted by Gasteiger charge is 2.39. The van der Waals surface area contributed by atoms with Gasteiger partial charge in [-0.2, -0.15) is 0 Å². The first-order valence-electron chi connectivity index (χ1n) is 6.22. The first-order chi connectivity index (χ1) is 6.53. The van der Waals surface area contributed by atoms with Crippen molar-refractivity contribution in [2.24, 2.45) is 17.3 Å². The van der Waals surface area contributed by atoms with Crippen molar-refractivity contribution in [1.29, 1.82) is 0 Å². The molecule has 0 amide bonds. The zero-order valence-corrected chi connectivity index (χ0v) is 10.6. The van der Waals surface area contributed by atoms with Gasteiger partial charge in [-0.05, 0) is 42.9 Å². The average molecular weight is 194 g/mol. The van der Waals surface area contributed by atoms with Crippen molar-refractivity contribution in [1.82, 2.24) is 0 Å². The van der Waals surface area contributed by atoms with Gasteiger partial charge in [0.2, 0.25) is 0 Å². The molecule has 0 spiro atoms. The first kappa shape index (κ1) is 11.8. The number of rotatable bonds is 3. The van der Waals surface area contributed by atoms with Crippen LogP contribution in [0.4, 0.5) is 0 Å². The molecule has 1 saturated carbocycles. The van der Waals surface area contributed by atoms with Crippen molar-refractivity contribution >= 4 is 0 Å². The minimum absolute atomic E-state index is 0.571. The lowest BCUT2D eigenvalue weighted by atomic mass is 9.77. The van der Waals surface area contributed by atoms with Crippen molar-refractivity contribution in [2.75, 3.05) is 0 Å². The van der Waals surface area contributed by atoms with Crippen LogP contribution in [0.25, 0.3) is 0 Å². The fourth-order valence-corrected chi connectivity index (χ4v) is 2.72. The first-order valence-corrected chi connectivity index (χ1v) is 6.22. The second kappa shape index (κ2) is 4.51. The van der Waals surface area contributed by atoms with Crippen LogP contribution in [0, 0.1) is 17.3 Å². The standard InChI is InChI=1S/C14H26/c1-6-8-13-10-14(5,11(3)4)9-12(13)7-2/h8,11-12H,6-7,9-10H2,1-5H3. The lowest BCUT2D eigenvalue weighted by molar-refractivity contribution is 0.218. The van der Waals surface area contributed by atoms with E-state index in [0.29, 0.717) is 5.41 Å². The maximum absolute atomic E-state index is 2.47. The molecule has 0 radical (unpaired) electrons. The Morgan fingerprint density at radius 2 is 2.07 bits per heavy atom. The topological polar surface area (TPSA) is 0 Å². The van der Waals surface area contributed by atoms with E-state index in [0.717, 1.165) is 11.8 Å². The summed E-state index contributed by atoms with van der Waals surface area (Å²) in [7, 11) is 0. The second-order valence-electron chi connectivity index (χ2n) is 5.48. The molecule has 0 aliphatic heterocycles. The third-order valence-electron chi connectivity index (χ3n) is 4.20. The van der Waals surface area contributed by atoms with E-state index in [-0.39, 0.29) is 0 Å². The zero-order valence-electron chi connectivity index (χ0n) is 10.6. The molecule has 82 valence electrons. The van der Waals surface area contributed by atoms with Crippen LogP contribution >= 0.6 is 0 Å². The van der Waals surface area contributed by atoms with Crippen molar-refractivity contribution in [3.8, 4) is 0 Å². The van der Waals surface area contributed by atoms with E-state index < -0.39 is 0 Å². The Labute approximate surface area is 89.8 Å². The molecule has 1 aliphatic rings. The van der Waals surface area contributed by atoms with E-state index in [2.05, 4.69) is 40.7 Å². The van der Waals surface area contributed by atoms with E-state index in [9.17, 15) is 0 Å². The Morgan fingerprint density at radius 3 is 2.50 bits per heavy atom. The third-order valence-corrected chi connectivity index (χ3v) is 4.20. The molecule has 1 rings (SSSR count). The minimum atomic E-state index is 0.571. The van der Waals surface area contributed by atoms with E-state index in [1.807, 2.05) is 0 Å². The van der Waals surface area contributed by atoms with Gasteiger partial charge in [-0.3, -0.25) is 0 Å². The van der Waals surface area contributed by atoms with E-state index in [1.54, 1.807) is 5.57 Å². The molecule has 1 fully saturated rings. The molecule has 0 bridgehead atoms. The fourth-order valence-electron chi connectivity index (χ4n) is 2.72. The van der Waals surface area contributed by atoms with Crippen LogP contribution in [0.3, 0.4) is 0 Å². The summed E-state index contributed by atoms with van der Waals surface area (Å²) in [6.07, 6.45) is 7.76. The van der Waals surface area contributed by atoms with Crippen LogP contribution in [-0.2, 0) is 0 Å². The Bertz CT molecular complexity index is 212. The molecule has 0 N–H and O–H groups in total. The van der Waals surface area contributed by atoms with Gasteiger partial charge < -0.3 is 0 Å². The van der Waals surface area contributed by atoms with Crippen molar-refractivity contribution in [3.05, 3.63) is 11.6 Å². The van der Waals surface area contributed by atoms with E-state index in [4.69, 9.17) is 0 Å². The molecular formula is C14H26. The lowest BCUT2D eigenvalue weighted by Crippen LogP contribution is -2.19. The van der Waals surface area contributed by atoms with Crippen LogP contribution in [0.5, 0.6) is 0 Å². The van der Waals surface area contributed by atoms with Gasteiger partial charge in [-0.25, -0.2) is 0 Å². The molecular weight excluding hydrogens is 168 g/mol. The predicted octanol–water partition coefficient (Wildman–Crippen LogP) is 4.81. The van der Waals surface area contributed by atoms with Gasteiger partial charge in [0.05, 0.1) is 0 Å².